The van der Waals surface area contributed by atoms with Gasteiger partial charge < -0.3 is 9.84 Å². The molecular formula is C16H20BrN3O. The summed E-state index contributed by atoms with van der Waals surface area (Å²) in [5.41, 5.74) is 1.19. The molecule has 2 aromatic rings. The first-order valence-corrected chi connectivity index (χ1v) is 8.30. The Kier molecular flexibility index (Phi) is 4.70. The largest absolute Gasteiger partial charge is 0.339 e. The smallest absolute Gasteiger partial charge is 0.231 e. The number of benzene rings is 1. The maximum absolute atomic E-state index is 5.52. The fourth-order valence-corrected chi connectivity index (χ4v) is 3.31. The molecule has 0 bridgehead atoms. The van der Waals surface area contributed by atoms with Crippen LogP contribution in [0.25, 0.3) is 0 Å². The van der Waals surface area contributed by atoms with E-state index in [4.69, 9.17) is 4.52 Å². The molecule has 21 heavy (non-hydrogen) atoms. The van der Waals surface area contributed by atoms with E-state index < -0.39 is 0 Å². The molecule has 2 unspecified atom stereocenters. The van der Waals surface area contributed by atoms with Crippen LogP contribution >= 0.6 is 15.9 Å². The molecule has 1 saturated carbocycles. The molecule has 1 heterocycles. The highest BCUT2D eigenvalue weighted by atomic mass is 79.9. The van der Waals surface area contributed by atoms with Gasteiger partial charge in [-0.25, -0.2) is 0 Å². The first-order chi connectivity index (χ1) is 10.3. The number of aromatic nitrogens is 2. The highest BCUT2D eigenvalue weighted by molar-refractivity contribution is 9.10. The zero-order valence-electron chi connectivity index (χ0n) is 12.2. The van der Waals surface area contributed by atoms with Crippen molar-refractivity contribution in [2.75, 3.05) is 7.05 Å². The molecule has 1 fully saturated rings. The van der Waals surface area contributed by atoms with E-state index in [-0.39, 0.29) is 0 Å². The predicted molar refractivity (Wildman–Crippen MR) is 85.3 cm³/mol. The topological polar surface area (TPSA) is 51.0 Å². The Morgan fingerprint density at radius 1 is 1.24 bits per heavy atom. The molecule has 1 N–H and O–H groups in total. The van der Waals surface area contributed by atoms with E-state index in [1.54, 1.807) is 0 Å². The second-order valence-electron chi connectivity index (χ2n) is 5.64. The predicted octanol–water partition coefficient (Wildman–Crippen LogP) is 3.67. The van der Waals surface area contributed by atoms with Crippen LogP contribution in [0.1, 0.15) is 48.9 Å². The van der Waals surface area contributed by atoms with Crippen LogP contribution in [0.4, 0.5) is 0 Å². The average molecular weight is 350 g/mol. The van der Waals surface area contributed by atoms with Gasteiger partial charge in [0.2, 0.25) is 5.89 Å². The van der Waals surface area contributed by atoms with E-state index in [0.29, 0.717) is 18.4 Å². The molecular weight excluding hydrogens is 330 g/mol. The fraction of sp³-hybridized carbons (Fsp3) is 0.500. The molecule has 1 aliphatic rings. The lowest BCUT2D eigenvalue weighted by molar-refractivity contribution is 0.269. The zero-order valence-corrected chi connectivity index (χ0v) is 13.8. The van der Waals surface area contributed by atoms with Gasteiger partial charge in [0, 0.05) is 16.9 Å². The number of halogens is 1. The maximum Gasteiger partial charge on any atom is 0.231 e. The Bertz CT molecular complexity index is 581. The highest BCUT2D eigenvalue weighted by Gasteiger charge is 2.29. The Morgan fingerprint density at radius 3 is 2.76 bits per heavy atom. The number of nitrogens with one attached hydrogen (secondary N) is 1. The van der Waals surface area contributed by atoms with E-state index in [9.17, 15) is 0 Å². The summed E-state index contributed by atoms with van der Waals surface area (Å²) in [6.45, 7) is 0. The maximum atomic E-state index is 5.52. The molecule has 1 aliphatic carbocycles. The minimum atomic E-state index is 0.356. The average Bonchev–Trinajstić information content (AvgIpc) is 2.98. The molecule has 3 rings (SSSR count). The minimum Gasteiger partial charge on any atom is -0.339 e. The van der Waals surface area contributed by atoms with Gasteiger partial charge in [-0.3, -0.25) is 0 Å². The summed E-state index contributed by atoms with van der Waals surface area (Å²) in [4.78, 5) is 4.62. The first-order valence-electron chi connectivity index (χ1n) is 7.50. The molecule has 112 valence electrons. The summed E-state index contributed by atoms with van der Waals surface area (Å²) in [5, 5.41) is 7.54. The van der Waals surface area contributed by atoms with Crippen molar-refractivity contribution in [2.24, 2.45) is 0 Å². The van der Waals surface area contributed by atoms with Crippen LogP contribution in [0.15, 0.2) is 33.3 Å². The second-order valence-corrected chi connectivity index (χ2v) is 6.55. The number of rotatable bonds is 4. The van der Waals surface area contributed by atoms with Crippen molar-refractivity contribution in [1.82, 2.24) is 15.5 Å². The summed E-state index contributed by atoms with van der Waals surface area (Å²) in [5.74, 6) is 1.92. The van der Waals surface area contributed by atoms with Crippen LogP contribution in [0.3, 0.4) is 0 Å². The summed E-state index contributed by atoms with van der Waals surface area (Å²) in [6.07, 6.45) is 5.56. The van der Waals surface area contributed by atoms with Crippen LogP contribution in [-0.2, 0) is 6.42 Å². The molecule has 1 aromatic heterocycles. The SMILES string of the molecule is CNC1CCCCC1c1nc(Cc2ccc(Br)cc2)no1. The Hall–Kier alpha value is -1.20. The molecule has 5 heteroatoms. The first kappa shape index (κ1) is 14.7. The molecule has 4 nitrogen and oxygen atoms in total. The van der Waals surface area contributed by atoms with Crippen molar-refractivity contribution in [2.45, 2.75) is 44.1 Å². The van der Waals surface area contributed by atoms with Crippen molar-refractivity contribution in [3.63, 3.8) is 0 Å². The van der Waals surface area contributed by atoms with Crippen LogP contribution in [0.5, 0.6) is 0 Å². The minimum absolute atomic E-state index is 0.356. The van der Waals surface area contributed by atoms with Crippen molar-refractivity contribution in [3.05, 3.63) is 46.0 Å². The van der Waals surface area contributed by atoms with Gasteiger partial charge in [0.05, 0.1) is 5.92 Å². The summed E-state index contributed by atoms with van der Waals surface area (Å²) in [7, 11) is 2.02. The fourth-order valence-electron chi connectivity index (χ4n) is 3.05. The molecule has 0 aliphatic heterocycles. The van der Waals surface area contributed by atoms with E-state index >= 15 is 0 Å². The molecule has 0 spiro atoms. The number of nitrogens with zero attached hydrogens (tertiary/aromatic N) is 2. The van der Waals surface area contributed by atoms with Crippen LogP contribution < -0.4 is 5.32 Å². The van der Waals surface area contributed by atoms with E-state index in [0.717, 1.165) is 22.6 Å². The molecule has 1 aromatic carbocycles. The van der Waals surface area contributed by atoms with Gasteiger partial charge in [-0.15, -0.1) is 0 Å². The van der Waals surface area contributed by atoms with Gasteiger partial charge >= 0.3 is 0 Å². The molecule has 0 saturated heterocycles. The van der Waals surface area contributed by atoms with Gasteiger partial charge in [0.1, 0.15) is 0 Å². The van der Waals surface area contributed by atoms with Crippen molar-refractivity contribution in [3.8, 4) is 0 Å². The second kappa shape index (κ2) is 6.71. The normalized spacial score (nSPS) is 22.4. The lowest BCUT2D eigenvalue weighted by atomic mass is 9.84. The quantitative estimate of drug-likeness (QED) is 0.914. The van der Waals surface area contributed by atoms with Crippen LogP contribution in [0, 0.1) is 0 Å². The van der Waals surface area contributed by atoms with Crippen LogP contribution in [-0.4, -0.2) is 23.2 Å². The Morgan fingerprint density at radius 2 is 2.00 bits per heavy atom. The Balaban J connectivity index is 1.72. The van der Waals surface area contributed by atoms with Gasteiger partial charge in [0.15, 0.2) is 5.82 Å². The van der Waals surface area contributed by atoms with Crippen molar-refractivity contribution >= 4 is 15.9 Å². The van der Waals surface area contributed by atoms with E-state index in [2.05, 4.69) is 43.5 Å². The van der Waals surface area contributed by atoms with Gasteiger partial charge in [-0.2, -0.15) is 4.98 Å². The molecule has 2 atom stereocenters. The van der Waals surface area contributed by atoms with Gasteiger partial charge in [-0.05, 0) is 37.6 Å². The lowest BCUT2D eigenvalue weighted by Crippen LogP contribution is -2.34. The number of hydrogen-bond acceptors (Lipinski definition) is 4. The summed E-state index contributed by atoms with van der Waals surface area (Å²) < 4.78 is 6.60. The third kappa shape index (κ3) is 3.52. The lowest BCUT2D eigenvalue weighted by Gasteiger charge is -2.28. The number of likely N-dealkylation sites (N-methyl/N-ethyl adjacent to an activating group) is 1. The monoisotopic (exact) mass is 349 g/mol. The van der Waals surface area contributed by atoms with Crippen LogP contribution in [0.2, 0.25) is 0 Å². The van der Waals surface area contributed by atoms with Crippen molar-refractivity contribution < 1.29 is 4.52 Å². The zero-order chi connectivity index (χ0) is 14.7. The van der Waals surface area contributed by atoms with Gasteiger partial charge in [0.25, 0.3) is 0 Å². The third-order valence-electron chi connectivity index (χ3n) is 4.21. The summed E-state index contributed by atoms with van der Waals surface area (Å²) in [6, 6.07) is 8.69. The van der Waals surface area contributed by atoms with E-state index in [1.165, 1.54) is 24.8 Å². The standard InChI is InChI=1S/C16H20BrN3O/c1-18-14-5-3-2-4-13(14)16-19-15(20-21-16)10-11-6-8-12(17)9-7-11/h6-9,13-14,18H,2-5,10H2,1H3. The molecule has 0 amide bonds. The Labute approximate surface area is 133 Å². The number of hydrogen-bond donors (Lipinski definition) is 1. The summed E-state index contributed by atoms with van der Waals surface area (Å²) >= 11 is 3.44. The van der Waals surface area contributed by atoms with Gasteiger partial charge in [-0.1, -0.05) is 46.1 Å². The molecule has 0 radical (unpaired) electrons. The van der Waals surface area contributed by atoms with Crippen molar-refractivity contribution in [1.29, 1.82) is 0 Å². The van der Waals surface area contributed by atoms with E-state index in [1.807, 2.05) is 19.2 Å². The highest BCUT2D eigenvalue weighted by Crippen LogP contribution is 2.32. The third-order valence-corrected chi connectivity index (χ3v) is 4.74.